The average molecular weight is 386 g/mol. The molecular formula is C23H22N4O2. The van der Waals surface area contributed by atoms with Crippen LogP contribution in [-0.2, 0) is 13.1 Å². The minimum absolute atomic E-state index is 0.240. The van der Waals surface area contributed by atoms with Crippen molar-refractivity contribution in [1.82, 2.24) is 15.1 Å². The summed E-state index contributed by atoms with van der Waals surface area (Å²) in [5.41, 5.74) is 2.85. The molecule has 0 aliphatic heterocycles. The molecule has 0 fully saturated rings. The smallest absolute Gasteiger partial charge is 0.319 e. The van der Waals surface area contributed by atoms with Gasteiger partial charge in [0, 0.05) is 24.6 Å². The number of urea groups is 1. The largest absolute Gasteiger partial charge is 0.497 e. The molecule has 4 aromatic rings. The number of hydrogen-bond donors (Lipinski definition) is 2. The second kappa shape index (κ2) is 8.48. The quantitative estimate of drug-likeness (QED) is 0.516. The van der Waals surface area contributed by atoms with E-state index in [9.17, 15) is 4.79 Å². The molecule has 2 amide bonds. The summed E-state index contributed by atoms with van der Waals surface area (Å²) in [7, 11) is 1.66. The lowest BCUT2D eigenvalue weighted by Gasteiger charge is -2.10. The number of ether oxygens (including phenoxy) is 1. The molecule has 6 heteroatoms. The molecule has 0 radical (unpaired) electrons. The van der Waals surface area contributed by atoms with Gasteiger partial charge in [-0.15, -0.1) is 0 Å². The maximum absolute atomic E-state index is 12.3. The van der Waals surface area contributed by atoms with E-state index in [-0.39, 0.29) is 6.03 Å². The number of hydrogen-bond acceptors (Lipinski definition) is 3. The van der Waals surface area contributed by atoms with Gasteiger partial charge in [-0.25, -0.2) is 4.79 Å². The molecule has 1 heterocycles. The predicted molar refractivity (Wildman–Crippen MR) is 114 cm³/mol. The Bertz CT molecular complexity index is 1120. The first-order chi connectivity index (χ1) is 14.2. The molecule has 4 rings (SSSR count). The second-order valence-electron chi connectivity index (χ2n) is 6.76. The predicted octanol–water partition coefficient (Wildman–Crippen LogP) is 4.41. The molecule has 0 aliphatic carbocycles. The summed E-state index contributed by atoms with van der Waals surface area (Å²) in [6, 6.07) is 21.5. The third-order valence-electron chi connectivity index (χ3n) is 4.65. The molecule has 0 saturated carbocycles. The maximum atomic E-state index is 12.3. The lowest BCUT2D eigenvalue weighted by molar-refractivity contribution is 0.251. The molecule has 3 aromatic carbocycles. The second-order valence-corrected chi connectivity index (χ2v) is 6.76. The highest BCUT2D eigenvalue weighted by molar-refractivity contribution is 5.89. The number of methoxy groups -OCH3 is 1. The molecule has 2 N–H and O–H groups in total. The van der Waals surface area contributed by atoms with E-state index in [1.165, 1.54) is 0 Å². The number of fused-ring (bicyclic) bond motifs is 1. The van der Waals surface area contributed by atoms with Gasteiger partial charge in [-0.1, -0.05) is 30.3 Å². The van der Waals surface area contributed by atoms with Crippen molar-refractivity contribution in [3.05, 3.63) is 90.3 Å². The summed E-state index contributed by atoms with van der Waals surface area (Å²) in [6.07, 6.45) is 3.66. The zero-order chi connectivity index (χ0) is 20.1. The summed E-state index contributed by atoms with van der Waals surface area (Å²) >= 11 is 0. The van der Waals surface area contributed by atoms with Crippen LogP contribution in [0, 0.1) is 0 Å². The Morgan fingerprint density at radius 1 is 1.00 bits per heavy atom. The minimum atomic E-state index is -0.240. The number of rotatable bonds is 6. The summed E-state index contributed by atoms with van der Waals surface area (Å²) in [4.78, 5) is 12.3. The maximum Gasteiger partial charge on any atom is 0.319 e. The van der Waals surface area contributed by atoms with E-state index in [0.717, 1.165) is 33.3 Å². The minimum Gasteiger partial charge on any atom is -0.497 e. The van der Waals surface area contributed by atoms with E-state index < -0.39 is 0 Å². The van der Waals surface area contributed by atoms with E-state index in [0.29, 0.717) is 13.1 Å². The number of carbonyl (C=O) groups is 1. The summed E-state index contributed by atoms with van der Waals surface area (Å²) in [5.74, 6) is 0.831. The number of carbonyl (C=O) groups excluding carboxylic acids is 1. The third-order valence-corrected chi connectivity index (χ3v) is 4.65. The van der Waals surface area contributed by atoms with Crippen LogP contribution in [0.5, 0.6) is 5.75 Å². The van der Waals surface area contributed by atoms with Crippen molar-refractivity contribution in [1.29, 1.82) is 0 Å². The first-order valence-corrected chi connectivity index (χ1v) is 9.37. The first kappa shape index (κ1) is 18.6. The molecule has 0 bridgehead atoms. The van der Waals surface area contributed by atoms with Crippen LogP contribution in [0.1, 0.15) is 11.1 Å². The number of amides is 2. The van der Waals surface area contributed by atoms with Crippen molar-refractivity contribution in [2.45, 2.75) is 13.1 Å². The Morgan fingerprint density at radius 2 is 1.86 bits per heavy atom. The number of aromatic nitrogens is 2. The van der Waals surface area contributed by atoms with Crippen molar-refractivity contribution in [2.24, 2.45) is 0 Å². The van der Waals surface area contributed by atoms with Gasteiger partial charge in [0.1, 0.15) is 5.75 Å². The molecular weight excluding hydrogens is 364 g/mol. The van der Waals surface area contributed by atoms with Crippen molar-refractivity contribution < 1.29 is 9.53 Å². The van der Waals surface area contributed by atoms with Gasteiger partial charge in [0.25, 0.3) is 0 Å². The Kier molecular flexibility index (Phi) is 5.42. The van der Waals surface area contributed by atoms with Gasteiger partial charge in [0.15, 0.2) is 0 Å². The van der Waals surface area contributed by atoms with Crippen LogP contribution in [0.4, 0.5) is 10.5 Å². The summed E-state index contributed by atoms with van der Waals surface area (Å²) < 4.78 is 7.10. The van der Waals surface area contributed by atoms with E-state index >= 15 is 0 Å². The van der Waals surface area contributed by atoms with Gasteiger partial charge < -0.3 is 15.4 Å². The Hall–Kier alpha value is -3.80. The van der Waals surface area contributed by atoms with Crippen molar-refractivity contribution in [3.8, 4) is 5.75 Å². The van der Waals surface area contributed by atoms with Crippen LogP contribution in [0.15, 0.2) is 79.1 Å². The highest BCUT2D eigenvalue weighted by atomic mass is 16.5. The number of nitrogens with zero attached hydrogens (tertiary/aromatic N) is 2. The highest BCUT2D eigenvalue weighted by Gasteiger charge is 2.05. The van der Waals surface area contributed by atoms with Crippen molar-refractivity contribution in [2.75, 3.05) is 12.4 Å². The van der Waals surface area contributed by atoms with Crippen LogP contribution in [0.3, 0.4) is 0 Å². The molecule has 1 aromatic heterocycles. The van der Waals surface area contributed by atoms with Crippen LogP contribution in [0.25, 0.3) is 10.8 Å². The number of nitrogens with one attached hydrogen (secondary N) is 2. The van der Waals surface area contributed by atoms with Gasteiger partial charge in [0.05, 0.1) is 13.7 Å². The van der Waals surface area contributed by atoms with Crippen LogP contribution in [0.2, 0.25) is 0 Å². The molecule has 0 spiro atoms. The van der Waals surface area contributed by atoms with E-state index in [1.807, 2.05) is 71.5 Å². The molecule has 0 atom stereocenters. The lowest BCUT2D eigenvalue weighted by Crippen LogP contribution is -2.28. The fourth-order valence-electron chi connectivity index (χ4n) is 3.20. The van der Waals surface area contributed by atoms with Gasteiger partial charge in [-0.3, -0.25) is 4.68 Å². The SMILES string of the molecule is COc1ccc2cc(CNC(=O)Nc3cccc(Cn4cccn4)c3)ccc2c1. The molecule has 0 unspecified atom stereocenters. The van der Waals surface area contributed by atoms with E-state index in [4.69, 9.17) is 4.74 Å². The third kappa shape index (κ3) is 4.73. The van der Waals surface area contributed by atoms with Gasteiger partial charge in [-0.2, -0.15) is 5.10 Å². The molecule has 146 valence electrons. The summed E-state index contributed by atoms with van der Waals surface area (Å²) in [5, 5.41) is 12.2. The number of anilines is 1. The zero-order valence-corrected chi connectivity index (χ0v) is 16.1. The van der Waals surface area contributed by atoms with E-state index in [2.05, 4.69) is 21.8 Å². The fourth-order valence-corrected chi connectivity index (χ4v) is 3.20. The van der Waals surface area contributed by atoms with Gasteiger partial charge in [-0.05, 0) is 58.3 Å². The van der Waals surface area contributed by atoms with E-state index in [1.54, 1.807) is 13.3 Å². The van der Waals surface area contributed by atoms with Gasteiger partial charge >= 0.3 is 6.03 Å². The normalized spacial score (nSPS) is 10.7. The molecule has 29 heavy (non-hydrogen) atoms. The monoisotopic (exact) mass is 386 g/mol. The molecule has 0 aliphatic rings. The topological polar surface area (TPSA) is 68.2 Å². The van der Waals surface area contributed by atoms with Crippen LogP contribution >= 0.6 is 0 Å². The molecule has 6 nitrogen and oxygen atoms in total. The zero-order valence-electron chi connectivity index (χ0n) is 16.1. The molecule has 0 saturated heterocycles. The van der Waals surface area contributed by atoms with Crippen molar-refractivity contribution in [3.63, 3.8) is 0 Å². The number of benzene rings is 3. The Labute approximate surface area is 169 Å². The highest BCUT2D eigenvalue weighted by Crippen LogP contribution is 2.22. The van der Waals surface area contributed by atoms with Crippen LogP contribution < -0.4 is 15.4 Å². The standard InChI is InChI=1S/C23H22N4O2/c1-29-22-9-8-19-12-17(6-7-20(19)14-22)15-24-23(28)26-21-5-2-4-18(13-21)16-27-11-3-10-25-27/h2-14H,15-16H2,1H3,(H2,24,26,28). The Morgan fingerprint density at radius 3 is 2.69 bits per heavy atom. The Balaban J connectivity index is 1.36. The lowest BCUT2D eigenvalue weighted by atomic mass is 10.1. The summed E-state index contributed by atoms with van der Waals surface area (Å²) in [6.45, 7) is 1.10. The fraction of sp³-hybridized carbons (Fsp3) is 0.130. The van der Waals surface area contributed by atoms with Gasteiger partial charge in [0.2, 0.25) is 0 Å². The van der Waals surface area contributed by atoms with Crippen LogP contribution in [-0.4, -0.2) is 22.9 Å². The first-order valence-electron chi connectivity index (χ1n) is 9.37. The van der Waals surface area contributed by atoms with Crippen molar-refractivity contribution >= 4 is 22.5 Å². The average Bonchev–Trinajstić information content (AvgIpc) is 3.25.